The summed E-state index contributed by atoms with van der Waals surface area (Å²) in [7, 11) is 1.78. The third-order valence-electron chi connectivity index (χ3n) is 3.36. The number of carbonyl (C=O) groups is 2. The Kier molecular flexibility index (Phi) is 4.29. The smallest absolute Gasteiger partial charge is 0.329 e. The maximum Gasteiger partial charge on any atom is 0.329 e. The lowest BCUT2D eigenvalue weighted by atomic mass is 9.93. The minimum Gasteiger partial charge on any atom is -0.479 e. The number of amides is 1. The zero-order chi connectivity index (χ0) is 12.2. The highest BCUT2D eigenvalue weighted by Crippen LogP contribution is 2.33. The summed E-state index contributed by atoms with van der Waals surface area (Å²) in [6, 6.07) is 0. The van der Waals surface area contributed by atoms with Gasteiger partial charge < -0.3 is 15.3 Å². The quantitative estimate of drug-likeness (QED) is 0.717. The number of rotatable bonds is 5. The molecule has 1 aliphatic heterocycles. The highest BCUT2D eigenvalue weighted by molar-refractivity contribution is 5.87. The molecule has 1 atom stereocenters. The lowest BCUT2D eigenvalue weighted by Crippen LogP contribution is -2.53. The maximum atomic E-state index is 11.9. The fourth-order valence-corrected chi connectivity index (χ4v) is 2.35. The van der Waals surface area contributed by atoms with Gasteiger partial charge in [-0.3, -0.25) is 4.79 Å². The Morgan fingerprint density at radius 3 is 2.69 bits per heavy atom. The number of hydrogen-bond donors (Lipinski definition) is 2. The van der Waals surface area contributed by atoms with Crippen LogP contribution < -0.4 is 5.32 Å². The highest BCUT2D eigenvalue weighted by atomic mass is 16.4. The molecule has 1 saturated heterocycles. The molecule has 0 bridgehead atoms. The molecule has 1 heterocycles. The van der Waals surface area contributed by atoms with Crippen molar-refractivity contribution in [1.29, 1.82) is 0 Å². The van der Waals surface area contributed by atoms with E-state index in [1.165, 1.54) is 0 Å². The van der Waals surface area contributed by atoms with Gasteiger partial charge in [0.1, 0.15) is 5.54 Å². The van der Waals surface area contributed by atoms with Crippen LogP contribution >= 0.6 is 0 Å². The average Bonchev–Trinajstić information content (AvgIpc) is 2.70. The average molecular weight is 228 g/mol. The molecule has 0 aromatic rings. The zero-order valence-electron chi connectivity index (χ0n) is 9.95. The molecular formula is C11H20N2O3. The van der Waals surface area contributed by atoms with Crippen LogP contribution in [0.3, 0.4) is 0 Å². The van der Waals surface area contributed by atoms with Crippen molar-refractivity contribution < 1.29 is 14.7 Å². The summed E-state index contributed by atoms with van der Waals surface area (Å²) >= 11 is 0. The lowest BCUT2D eigenvalue weighted by Gasteiger charge is -2.34. The minimum absolute atomic E-state index is 0.0592. The normalized spacial score (nSPS) is 24.8. The van der Waals surface area contributed by atoms with Gasteiger partial charge in [0.15, 0.2) is 0 Å². The van der Waals surface area contributed by atoms with E-state index >= 15 is 0 Å². The number of hydrogen-bond acceptors (Lipinski definition) is 3. The molecule has 0 spiro atoms. The van der Waals surface area contributed by atoms with Crippen molar-refractivity contribution >= 4 is 11.9 Å². The first-order valence-electron chi connectivity index (χ1n) is 5.77. The molecule has 5 nitrogen and oxygen atoms in total. The van der Waals surface area contributed by atoms with Crippen LogP contribution in [0.5, 0.6) is 0 Å². The van der Waals surface area contributed by atoms with Gasteiger partial charge in [-0.2, -0.15) is 0 Å². The first-order chi connectivity index (χ1) is 7.58. The molecule has 1 fully saturated rings. The fourth-order valence-electron chi connectivity index (χ4n) is 2.35. The van der Waals surface area contributed by atoms with Crippen molar-refractivity contribution in [3.05, 3.63) is 0 Å². The predicted molar refractivity (Wildman–Crippen MR) is 60.1 cm³/mol. The van der Waals surface area contributed by atoms with Gasteiger partial charge in [-0.15, -0.1) is 0 Å². The van der Waals surface area contributed by atoms with Crippen molar-refractivity contribution in [2.24, 2.45) is 0 Å². The number of nitrogens with one attached hydrogen (secondary N) is 1. The lowest BCUT2D eigenvalue weighted by molar-refractivity contribution is -0.156. The summed E-state index contributed by atoms with van der Waals surface area (Å²) in [4.78, 5) is 24.8. The molecule has 92 valence electrons. The van der Waals surface area contributed by atoms with Crippen molar-refractivity contribution in [1.82, 2.24) is 10.2 Å². The van der Waals surface area contributed by atoms with Gasteiger partial charge in [-0.1, -0.05) is 6.92 Å². The Morgan fingerprint density at radius 2 is 2.19 bits per heavy atom. The molecule has 0 radical (unpaired) electrons. The number of carboxylic acid groups (broad SMARTS) is 1. The molecule has 1 rings (SSSR count). The van der Waals surface area contributed by atoms with Crippen LogP contribution in [0.15, 0.2) is 0 Å². The Morgan fingerprint density at radius 1 is 1.50 bits per heavy atom. The van der Waals surface area contributed by atoms with E-state index in [-0.39, 0.29) is 5.91 Å². The summed E-state index contributed by atoms with van der Waals surface area (Å²) in [5.41, 5.74) is -0.954. The van der Waals surface area contributed by atoms with Gasteiger partial charge >= 0.3 is 5.97 Å². The number of carboxylic acids is 1. The topological polar surface area (TPSA) is 69.6 Å². The molecule has 1 unspecified atom stereocenters. The van der Waals surface area contributed by atoms with E-state index in [1.54, 1.807) is 11.9 Å². The number of aliphatic carboxylic acids is 1. The van der Waals surface area contributed by atoms with Crippen molar-refractivity contribution in [3.8, 4) is 0 Å². The molecule has 0 aromatic carbocycles. The van der Waals surface area contributed by atoms with Crippen LogP contribution in [0.4, 0.5) is 0 Å². The highest BCUT2D eigenvalue weighted by Gasteiger charge is 2.48. The van der Waals surface area contributed by atoms with Crippen molar-refractivity contribution in [3.63, 3.8) is 0 Å². The maximum absolute atomic E-state index is 11.9. The zero-order valence-corrected chi connectivity index (χ0v) is 9.95. The standard InChI is InChI=1S/C11H20N2O3/c1-3-11(10(15)16)6-4-8-13(11)9(14)5-7-12-2/h12H,3-8H2,1-2H3,(H,15,16). The van der Waals surface area contributed by atoms with Gasteiger partial charge in [0, 0.05) is 19.5 Å². The largest absolute Gasteiger partial charge is 0.479 e. The summed E-state index contributed by atoms with van der Waals surface area (Å²) in [5, 5.41) is 12.2. The summed E-state index contributed by atoms with van der Waals surface area (Å²) in [5.74, 6) is -0.929. The van der Waals surface area contributed by atoms with E-state index in [2.05, 4.69) is 5.32 Å². The van der Waals surface area contributed by atoms with Crippen LogP contribution in [0.2, 0.25) is 0 Å². The van der Waals surface area contributed by atoms with Crippen molar-refractivity contribution in [2.75, 3.05) is 20.1 Å². The van der Waals surface area contributed by atoms with E-state index in [0.29, 0.717) is 32.4 Å². The summed E-state index contributed by atoms with van der Waals surface area (Å²) < 4.78 is 0. The molecule has 1 amide bonds. The summed E-state index contributed by atoms with van der Waals surface area (Å²) in [6.07, 6.45) is 2.20. The van der Waals surface area contributed by atoms with Gasteiger partial charge in [0.2, 0.25) is 5.91 Å². The first-order valence-corrected chi connectivity index (χ1v) is 5.77. The second-order valence-corrected chi connectivity index (χ2v) is 4.19. The monoisotopic (exact) mass is 228 g/mol. The van der Waals surface area contributed by atoms with Crippen LogP contribution in [0, 0.1) is 0 Å². The third-order valence-corrected chi connectivity index (χ3v) is 3.36. The molecule has 0 aromatic heterocycles. The predicted octanol–water partition coefficient (Wildman–Crippen LogP) is 0.452. The molecule has 16 heavy (non-hydrogen) atoms. The van der Waals surface area contributed by atoms with E-state index in [9.17, 15) is 14.7 Å². The van der Waals surface area contributed by atoms with Crippen LogP contribution in [0.25, 0.3) is 0 Å². The number of likely N-dealkylation sites (tertiary alicyclic amines) is 1. The molecule has 5 heteroatoms. The molecule has 1 aliphatic rings. The molecule has 2 N–H and O–H groups in total. The second-order valence-electron chi connectivity index (χ2n) is 4.19. The van der Waals surface area contributed by atoms with Crippen molar-refractivity contribution in [2.45, 2.75) is 38.1 Å². The van der Waals surface area contributed by atoms with Gasteiger partial charge in [-0.05, 0) is 26.3 Å². The Balaban J connectivity index is 2.77. The molecular weight excluding hydrogens is 208 g/mol. The number of carbonyl (C=O) groups excluding carboxylic acids is 1. The number of nitrogens with zero attached hydrogens (tertiary/aromatic N) is 1. The van der Waals surface area contributed by atoms with Crippen LogP contribution in [-0.2, 0) is 9.59 Å². The van der Waals surface area contributed by atoms with Gasteiger partial charge in [0.25, 0.3) is 0 Å². The van der Waals surface area contributed by atoms with E-state index in [4.69, 9.17) is 0 Å². The van der Waals surface area contributed by atoms with Gasteiger partial charge in [-0.25, -0.2) is 4.79 Å². The van der Waals surface area contributed by atoms with E-state index in [0.717, 1.165) is 6.42 Å². The molecule has 0 aliphatic carbocycles. The molecule has 0 saturated carbocycles. The minimum atomic E-state index is -0.954. The second kappa shape index (κ2) is 5.30. The third kappa shape index (κ3) is 2.19. The fraction of sp³-hybridized carbons (Fsp3) is 0.818. The Hall–Kier alpha value is -1.10. The van der Waals surface area contributed by atoms with E-state index in [1.807, 2.05) is 6.92 Å². The first kappa shape index (κ1) is 13.0. The Labute approximate surface area is 95.8 Å². The van der Waals surface area contributed by atoms with Crippen LogP contribution in [0.1, 0.15) is 32.6 Å². The Bertz CT molecular complexity index is 280. The van der Waals surface area contributed by atoms with E-state index < -0.39 is 11.5 Å². The summed E-state index contributed by atoms with van der Waals surface area (Å²) in [6.45, 7) is 3.00. The van der Waals surface area contributed by atoms with Crippen LogP contribution in [-0.4, -0.2) is 47.6 Å². The SMILES string of the molecule is CCC1(C(=O)O)CCCN1C(=O)CCNC. The van der Waals surface area contributed by atoms with Gasteiger partial charge in [0.05, 0.1) is 0 Å².